The normalized spacial score (nSPS) is 13.0. The van der Waals surface area contributed by atoms with Crippen molar-refractivity contribution in [2.45, 2.75) is 45.3 Å². The maximum Gasteiger partial charge on any atom is 0.303 e. The molecule has 0 aliphatic heterocycles. The van der Waals surface area contributed by atoms with Crippen molar-refractivity contribution in [3.63, 3.8) is 0 Å². The molecule has 2 atom stereocenters. The van der Waals surface area contributed by atoms with Crippen LogP contribution in [0.15, 0.2) is 36.4 Å². The molecule has 198 valence electrons. The van der Waals surface area contributed by atoms with Gasteiger partial charge in [0.25, 0.3) is 0 Å². The number of hydrogen-bond donors (Lipinski definition) is 0. The third-order valence-electron chi connectivity index (χ3n) is 5.46. The van der Waals surface area contributed by atoms with Crippen LogP contribution >= 0.6 is 34.8 Å². The molecule has 7 nitrogen and oxygen atoms in total. The lowest BCUT2D eigenvalue weighted by molar-refractivity contribution is -0.158. The summed E-state index contributed by atoms with van der Waals surface area (Å²) in [6.45, 7) is 6.85. The molecule has 0 spiro atoms. The fraction of sp³-hybridized carbons (Fsp3) is 0.462. The van der Waals surface area contributed by atoms with E-state index in [1.165, 1.54) is 13.8 Å². The number of hydrogen-bond acceptors (Lipinski definition) is 7. The maximum absolute atomic E-state index is 11.3. The van der Waals surface area contributed by atoms with Gasteiger partial charge in [0.1, 0.15) is 31.7 Å². The van der Waals surface area contributed by atoms with Gasteiger partial charge in [-0.2, -0.15) is 0 Å². The van der Waals surface area contributed by atoms with Gasteiger partial charge in [-0.1, -0.05) is 49.2 Å². The van der Waals surface area contributed by atoms with E-state index in [9.17, 15) is 9.59 Å². The van der Waals surface area contributed by atoms with Crippen LogP contribution in [-0.4, -0.2) is 57.0 Å². The van der Waals surface area contributed by atoms with Gasteiger partial charge in [-0.25, -0.2) is 0 Å². The van der Waals surface area contributed by atoms with Crippen LogP contribution in [0.5, 0.6) is 11.5 Å². The molecule has 0 amide bonds. The van der Waals surface area contributed by atoms with E-state index in [0.29, 0.717) is 21.5 Å². The summed E-state index contributed by atoms with van der Waals surface area (Å²) >= 11 is 18.9. The summed E-state index contributed by atoms with van der Waals surface area (Å²) in [7, 11) is 1.56. The highest BCUT2D eigenvalue weighted by Crippen LogP contribution is 2.40. The van der Waals surface area contributed by atoms with Gasteiger partial charge in [-0.15, -0.1) is 11.6 Å². The number of rotatable bonds is 13. The van der Waals surface area contributed by atoms with E-state index >= 15 is 0 Å². The van der Waals surface area contributed by atoms with E-state index in [4.69, 9.17) is 58.5 Å². The number of carbonyl (C=O) groups excluding carboxylic acids is 2. The van der Waals surface area contributed by atoms with E-state index in [0.717, 1.165) is 11.1 Å². The molecule has 2 aromatic rings. The molecule has 2 aromatic carbocycles. The van der Waals surface area contributed by atoms with E-state index in [1.807, 2.05) is 36.4 Å². The Morgan fingerprint density at radius 1 is 0.861 bits per heavy atom. The molecule has 0 aliphatic carbocycles. The molecular formula is C26H31Cl3O7. The average molecular weight is 562 g/mol. The van der Waals surface area contributed by atoms with Crippen LogP contribution in [-0.2, 0) is 29.2 Å². The predicted octanol–water partition coefficient (Wildman–Crippen LogP) is 5.83. The smallest absolute Gasteiger partial charge is 0.303 e. The number of ether oxygens (including phenoxy) is 5. The van der Waals surface area contributed by atoms with Crippen LogP contribution in [0.4, 0.5) is 0 Å². The van der Waals surface area contributed by atoms with E-state index < -0.39 is 23.5 Å². The number of esters is 2. The number of alkyl halides is 1. The Morgan fingerprint density at radius 2 is 1.44 bits per heavy atom. The van der Waals surface area contributed by atoms with Crippen LogP contribution in [0.25, 0.3) is 0 Å². The minimum atomic E-state index is -0.712. The van der Waals surface area contributed by atoms with Gasteiger partial charge in [0.2, 0.25) is 0 Å². The third kappa shape index (κ3) is 8.73. The van der Waals surface area contributed by atoms with Gasteiger partial charge in [0, 0.05) is 26.4 Å². The van der Waals surface area contributed by atoms with Gasteiger partial charge in [-0.05, 0) is 35.4 Å². The highest BCUT2D eigenvalue weighted by Gasteiger charge is 2.26. The van der Waals surface area contributed by atoms with Crippen molar-refractivity contribution >= 4 is 46.7 Å². The molecule has 2 rings (SSSR count). The minimum Gasteiger partial charge on any atom is -0.490 e. The Morgan fingerprint density at radius 3 is 1.94 bits per heavy atom. The van der Waals surface area contributed by atoms with Crippen LogP contribution in [0.2, 0.25) is 10.0 Å². The van der Waals surface area contributed by atoms with Crippen LogP contribution in [0.3, 0.4) is 0 Å². The summed E-state index contributed by atoms with van der Waals surface area (Å²) in [5.74, 6) is 0.283. The van der Waals surface area contributed by atoms with Crippen molar-refractivity contribution < 1.29 is 33.3 Å². The fourth-order valence-corrected chi connectivity index (χ4v) is 4.11. The Kier molecular flexibility index (Phi) is 11.6. The standard InChI is InChI=1S/C26H31Cl3O7/c1-16(30)33-14-22(36-17(2)31)15-34-20-8-6-18(7-9-20)26(3,4)19-10-23(28)25(24(29)11-19)35-13-21(12-27)32-5/h6-11,21-22H,12-15H2,1-5H3/t21-,22+/m1/s1. The highest BCUT2D eigenvalue weighted by atomic mass is 35.5. The predicted molar refractivity (Wildman–Crippen MR) is 140 cm³/mol. The summed E-state index contributed by atoms with van der Waals surface area (Å²) < 4.78 is 26.8. The topological polar surface area (TPSA) is 80.3 Å². The second-order valence-corrected chi connectivity index (χ2v) is 9.71. The number of methoxy groups -OCH3 is 1. The lowest BCUT2D eigenvalue weighted by atomic mass is 9.78. The largest absolute Gasteiger partial charge is 0.490 e. The second-order valence-electron chi connectivity index (χ2n) is 8.59. The van der Waals surface area contributed by atoms with E-state index in [2.05, 4.69) is 13.8 Å². The lowest BCUT2D eigenvalue weighted by Crippen LogP contribution is -2.29. The van der Waals surface area contributed by atoms with Gasteiger partial charge in [0.05, 0.1) is 15.9 Å². The van der Waals surface area contributed by atoms with Crippen molar-refractivity contribution in [1.29, 1.82) is 0 Å². The Bertz CT molecular complexity index is 998. The Balaban J connectivity index is 2.12. The summed E-state index contributed by atoms with van der Waals surface area (Å²) in [5.41, 5.74) is 1.45. The quantitative estimate of drug-likeness (QED) is 0.225. The van der Waals surface area contributed by atoms with Crippen LogP contribution in [0, 0.1) is 0 Å². The SMILES string of the molecule is CO[C@H](CCl)COc1c(Cl)cc(C(C)(C)c2ccc(OC[C@H](COC(C)=O)OC(C)=O)cc2)cc1Cl. The zero-order chi connectivity index (χ0) is 26.9. The zero-order valence-corrected chi connectivity index (χ0v) is 23.2. The van der Waals surface area contributed by atoms with Gasteiger partial charge in [0.15, 0.2) is 11.9 Å². The molecule has 0 aliphatic rings. The molecule has 0 heterocycles. The van der Waals surface area contributed by atoms with Gasteiger partial charge < -0.3 is 23.7 Å². The first-order valence-corrected chi connectivity index (χ1v) is 12.5. The first kappa shape index (κ1) is 30.0. The summed E-state index contributed by atoms with van der Waals surface area (Å²) in [6.07, 6.45) is -0.988. The molecule has 0 radical (unpaired) electrons. The molecule has 0 fully saturated rings. The maximum atomic E-state index is 11.3. The highest BCUT2D eigenvalue weighted by molar-refractivity contribution is 6.37. The minimum absolute atomic E-state index is 0.0376. The van der Waals surface area contributed by atoms with Crippen LogP contribution < -0.4 is 9.47 Å². The Hall–Kier alpha value is -2.19. The monoisotopic (exact) mass is 560 g/mol. The molecule has 0 bridgehead atoms. The van der Waals surface area contributed by atoms with Crippen molar-refractivity contribution in [1.82, 2.24) is 0 Å². The molecule has 10 heteroatoms. The summed E-state index contributed by atoms with van der Waals surface area (Å²) in [6, 6.07) is 11.1. The molecule has 0 saturated heterocycles. The average Bonchev–Trinajstić information content (AvgIpc) is 2.82. The first-order valence-electron chi connectivity index (χ1n) is 11.2. The number of benzene rings is 2. The molecule has 0 N–H and O–H groups in total. The van der Waals surface area contributed by atoms with Crippen molar-refractivity contribution in [2.75, 3.05) is 32.8 Å². The van der Waals surface area contributed by atoms with E-state index in [1.54, 1.807) is 7.11 Å². The molecule has 0 saturated carbocycles. The number of carbonyl (C=O) groups is 2. The van der Waals surface area contributed by atoms with Crippen molar-refractivity contribution in [3.05, 3.63) is 57.6 Å². The first-order chi connectivity index (χ1) is 17.0. The molecule has 0 unspecified atom stereocenters. The number of halogens is 3. The van der Waals surface area contributed by atoms with E-state index in [-0.39, 0.29) is 31.8 Å². The Labute approximate surface area is 226 Å². The molecule has 0 aromatic heterocycles. The summed E-state index contributed by atoms with van der Waals surface area (Å²) in [5, 5.41) is 0.776. The van der Waals surface area contributed by atoms with Crippen molar-refractivity contribution in [2.24, 2.45) is 0 Å². The molecule has 36 heavy (non-hydrogen) atoms. The lowest BCUT2D eigenvalue weighted by Gasteiger charge is -2.27. The second kappa shape index (κ2) is 13.9. The van der Waals surface area contributed by atoms with Gasteiger partial charge in [-0.3, -0.25) is 9.59 Å². The third-order valence-corrected chi connectivity index (χ3v) is 6.36. The zero-order valence-electron chi connectivity index (χ0n) is 20.9. The van der Waals surface area contributed by atoms with Crippen LogP contribution in [0.1, 0.15) is 38.8 Å². The fourth-order valence-electron chi connectivity index (χ4n) is 3.30. The summed E-state index contributed by atoms with van der Waals surface area (Å²) in [4.78, 5) is 22.4. The van der Waals surface area contributed by atoms with Crippen molar-refractivity contribution in [3.8, 4) is 11.5 Å². The molecular weight excluding hydrogens is 531 g/mol. The van der Waals surface area contributed by atoms with Gasteiger partial charge >= 0.3 is 11.9 Å².